The summed E-state index contributed by atoms with van der Waals surface area (Å²) in [5.74, 6) is -1.73. The van der Waals surface area contributed by atoms with E-state index in [4.69, 9.17) is 11.6 Å². The van der Waals surface area contributed by atoms with Crippen LogP contribution < -0.4 is 15.5 Å². The number of halogens is 5. The molecule has 0 saturated carbocycles. The van der Waals surface area contributed by atoms with Gasteiger partial charge in [-0.05, 0) is 54.6 Å². The summed E-state index contributed by atoms with van der Waals surface area (Å²) in [5, 5.41) is 5.05. The monoisotopic (exact) mass is 557 g/mol. The Bertz CT molecular complexity index is 1590. The Morgan fingerprint density at radius 2 is 1.69 bits per heavy atom. The molecule has 0 aliphatic carbocycles. The SMILES string of the molecule is O=C(Nc1ccc(C(=O)c2ccc3ncc(N4CCNCC4)nc3c2)c(F)c1)c1ccc(Cl)c(C(F)(F)F)c1. The van der Waals surface area contributed by atoms with Crippen LogP contribution in [0.5, 0.6) is 0 Å². The minimum atomic E-state index is -4.75. The zero-order valence-corrected chi connectivity index (χ0v) is 20.9. The number of nitrogens with zero attached hydrogens (tertiary/aromatic N) is 3. The molecule has 7 nitrogen and oxygen atoms in total. The number of carbonyl (C=O) groups excluding carboxylic acids is 2. The lowest BCUT2D eigenvalue weighted by Gasteiger charge is -2.28. The highest BCUT2D eigenvalue weighted by Gasteiger charge is 2.34. The number of piperazine rings is 1. The van der Waals surface area contributed by atoms with E-state index in [1.807, 2.05) is 0 Å². The first-order valence-corrected chi connectivity index (χ1v) is 12.2. The molecule has 200 valence electrons. The van der Waals surface area contributed by atoms with Crippen LogP contribution >= 0.6 is 11.6 Å². The second-order valence-corrected chi connectivity index (χ2v) is 9.25. The Morgan fingerprint density at radius 3 is 2.41 bits per heavy atom. The summed E-state index contributed by atoms with van der Waals surface area (Å²) in [4.78, 5) is 36.7. The van der Waals surface area contributed by atoms with Gasteiger partial charge in [0.05, 0.1) is 33.4 Å². The van der Waals surface area contributed by atoms with Crippen LogP contribution in [0, 0.1) is 5.82 Å². The molecule has 1 fully saturated rings. The number of carbonyl (C=O) groups is 2. The lowest BCUT2D eigenvalue weighted by atomic mass is 10.0. The second-order valence-electron chi connectivity index (χ2n) is 8.84. The summed E-state index contributed by atoms with van der Waals surface area (Å²) < 4.78 is 54.3. The predicted molar refractivity (Wildman–Crippen MR) is 139 cm³/mol. The Balaban J connectivity index is 1.35. The van der Waals surface area contributed by atoms with Gasteiger partial charge in [0.1, 0.15) is 11.6 Å². The van der Waals surface area contributed by atoms with Crippen LogP contribution in [0.4, 0.5) is 29.1 Å². The molecule has 1 aliphatic rings. The molecule has 2 N–H and O–H groups in total. The first kappa shape index (κ1) is 26.5. The summed E-state index contributed by atoms with van der Waals surface area (Å²) in [7, 11) is 0. The Labute approximate surface area is 224 Å². The van der Waals surface area contributed by atoms with Gasteiger partial charge in [0.25, 0.3) is 5.91 Å². The van der Waals surface area contributed by atoms with Crippen LogP contribution in [0.25, 0.3) is 11.0 Å². The van der Waals surface area contributed by atoms with Crippen molar-refractivity contribution in [3.05, 3.63) is 93.9 Å². The number of rotatable bonds is 5. The number of hydrogen-bond donors (Lipinski definition) is 2. The van der Waals surface area contributed by atoms with Crippen molar-refractivity contribution in [3.63, 3.8) is 0 Å². The fraction of sp³-hybridized carbons (Fsp3) is 0.185. The van der Waals surface area contributed by atoms with Crippen molar-refractivity contribution in [2.45, 2.75) is 6.18 Å². The standard InChI is InChI=1S/C27H20ClF4N5O2/c28-20-5-1-16(11-19(20)27(30,31)32)26(39)35-17-3-4-18(21(29)13-17)25(38)15-2-6-22-23(12-15)36-24(14-34-22)37-9-7-33-8-10-37/h1-6,11-14,33H,7-10H2,(H,35,39). The lowest BCUT2D eigenvalue weighted by Crippen LogP contribution is -2.43. The van der Waals surface area contributed by atoms with Crippen molar-refractivity contribution in [2.75, 3.05) is 36.4 Å². The minimum Gasteiger partial charge on any atom is -0.353 e. The number of amides is 1. The van der Waals surface area contributed by atoms with Gasteiger partial charge in [-0.15, -0.1) is 0 Å². The summed E-state index contributed by atoms with van der Waals surface area (Å²) >= 11 is 5.59. The fourth-order valence-corrected chi connectivity index (χ4v) is 4.43. The molecular weight excluding hydrogens is 538 g/mol. The highest BCUT2D eigenvalue weighted by molar-refractivity contribution is 6.31. The maximum absolute atomic E-state index is 15.0. The van der Waals surface area contributed by atoms with Crippen molar-refractivity contribution < 1.29 is 27.2 Å². The van der Waals surface area contributed by atoms with Crippen LogP contribution in [0.3, 0.4) is 0 Å². The van der Waals surface area contributed by atoms with Gasteiger partial charge in [-0.25, -0.2) is 9.37 Å². The summed E-state index contributed by atoms with van der Waals surface area (Å²) in [6, 6.07) is 10.8. The van der Waals surface area contributed by atoms with Gasteiger partial charge in [-0.2, -0.15) is 13.2 Å². The molecule has 2 heterocycles. The van der Waals surface area contributed by atoms with Gasteiger partial charge in [0.2, 0.25) is 0 Å². The van der Waals surface area contributed by atoms with Crippen molar-refractivity contribution >= 4 is 45.8 Å². The molecule has 1 aromatic heterocycles. The van der Waals surface area contributed by atoms with E-state index in [1.54, 1.807) is 18.3 Å². The number of anilines is 2. The molecular formula is C27H20ClF4N5O2. The maximum atomic E-state index is 15.0. The molecule has 1 amide bonds. The Morgan fingerprint density at radius 1 is 0.949 bits per heavy atom. The van der Waals surface area contributed by atoms with Crippen molar-refractivity contribution in [1.82, 2.24) is 15.3 Å². The van der Waals surface area contributed by atoms with Crippen molar-refractivity contribution in [2.24, 2.45) is 0 Å². The smallest absolute Gasteiger partial charge is 0.353 e. The third-order valence-electron chi connectivity index (χ3n) is 6.24. The summed E-state index contributed by atoms with van der Waals surface area (Å²) in [5.41, 5.74) is -0.492. The van der Waals surface area contributed by atoms with Gasteiger partial charge in [0, 0.05) is 43.0 Å². The van der Waals surface area contributed by atoms with Crippen LogP contribution in [0.2, 0.25) is 5.02 Å². The van der Waals surface area contributed by atoms with Gasteiger partial charge < -0.3 is 15.5 Å². The molecule has 0 unspecified atom stereocenters. The fourth-order valence-electron chi connectivity index (χ4n) is 4.21. The third kappa shape index (κ3) is 5.69. The zero-order valence-electron chi connectivity index (χ0n) is 20.1. The normalized spacial score (nSPS) is 13.9. The van der Waals surface area contributed by atoms with Gasteiger partial charge >= 0.3 is 6.18 Å². The molecule has 0 radical (unpaired) electrons. The minimum absolute atomic E-state index is 0.0393. The van der Waals surface area contributed by atoms with Gasteiger partial charge in [-0.3, -0.25) is 14.6 Å². The number of fused-ring (bicyclic) bond motifs is 1. The van der Waals surface area contributed by atoms with E-state index in [9.17, 15) is 27.2 Å². The topological polar surface area (TPSA) is 87.2 Å². The first-order valence-electron chi connectivity index (χ1n) is 11.8. The highest BCUT2D eigenvalue weighted by atomic mass is 35.5. The van der Waals surface area contributed by atoms with E-state index in [0.717, 1.165) is 44.4 Å². The van der Waals surface area contributed by atoms with Crippen LogP contribution in [-0.2, 0) is 6.18 Å². The van der Waals surface area contributed by atoms with E-state index in [1.165, 1.54) is 18.2 Å². The number of benzene rings is 3. The quantitative estimate of drug-likeness (QED) is 0.255. The number of ketones is 1. The first-order chi connectivity index (χ1) is 18.6. The summed E-state index contributed by atoms with van der Waals surface area (Å²) in [6.07, 6.45) is -3.07. The van der Waals surface area contributed by atoms with E-state index in [2.05, 4.69) is 25.5 Å². The average molecular weight is 558 g/mol. The largest absolute Gasteiger partial charge is 0.417 e. The molecule has 0 bridgehead atoms. The van der Waals surface area contributed by atoms with E-state index in [-0.39, 0.29) is 22.4 Å². The second kappa shape index (κ2) is 10.6. The number of alkyl halides is 3. The maximum Gasteiger partial charge on any atom is 0.417 e. The van der Waals surface area contributed by atoms with Crippen LogP contribution in [0.15, 0.2) is 60.8 Å². The Kier molecular flexibility index (Phi) is 7.19. The van der Waals surface area contributed by atoms with Crippen LogP contribution in [0.1, 0.15) is 31.8 Å². The molecule has 5 rings (SSSR count). The highest BCUT2D eigenvalue weighted by Crippen LogP contribution is 2.35. The van der Waals surface area contributed by atoms with E-state index < -0.39 is 34.3 Å². The molecule has 12 heteroatoms. The molecule has 0 spiro atoms. The predicted octanol–water partition coefficient (Wildman–Crippen LogP) is 5.33. The lowest BCUT2D eigenvalue weighted by molar-refractivity contribution is -0.137. The van der Waals surface area contributed by atoms with Gasteiger partial charge in [0.15, 0.2) is 5.78 Å². The molecule has 4 aromatic rings. The average Bonchev–Trinajstić information content (AvgIpc) is 2.92. The molecule has 3 aromatic carbocycles. The van der Waals surface area contributed by atoms with Crippen molar-refractivity contribution in [1.29, 1.82) is 0 Å². The number of hydrogen-bond acceptors (Lipinski definition) is 6. The zero-order chi connectivity index (χ0) is 27.7. The van der Waals surface area contributed by atoms with E-state index >= 15 is 0 Å². The molecule has 0 atom stereocenters. The third-order valence-corrected chi connectivity index (χ3v) is 6.57. The molecule has 1 aliphatic heterocycles. The number of nitrogens with one attached hydrogen (secondary N) is 2. The Hall–Kier alpha value is -4.09. The van der Waals surface area contributed by atoms with E-state index in [0.29, 0.717) is 22.9 Å². The molecule has 39 heavy (non-hydrogen) atoms. The summed E-state index contributed by atoms with van der Waals surface area (Å²) in [6.45, 7) is 3.19. The van der Waals surface area contributed by atoms with Crippen molar-refractivity contribution in [3.8, 4) is 0 Å². The number of aromatic nitrogens is 2. The van der Waals surface area contributed by atoms with Gasteiger partial charge in [-0.1, -0.05) is 11.6 Å². The van der Waals surface area contributed by atoms with Crippen LogP contribution in [-0.4, -0.2) is 47.8 Å². The molecule has 1 saturated heterocycles.